The summed E-state index contributed by atoms with van der Waals surface area (Å²) in [5.41, 5.74) is 0.807. The molecule has 0 atom stereocenters. The summed E-state index contributed by atoms with van der Waals surface area (Å²) in [6, 6.07) is 8.03. The molecule has 2 aromatic rings. The van der Waals surface area contributed by atoms with Crippen molar-refractivity contribution in [3.63, 3.8) is 0 Å². The zero-order valence-corrected chi connectivity index (χ0v) is 13.7. The van der Waals surface area contributed by atoms with Gasteiger partial charge < -0.3 is 10.1 Å². The SMILES string of the molecule is Cc1cc(Cl)ccc1OCCCC(=O)Nc1ccc([N+](=O)[O-])cn1. The Bertz CT molecular complexity index is 735. The number of halogens is 1. The van der Waals surface area contributed by atoms with E-state index in [0.29, 0.717) is 18.1 Å². The van der Waals surface area contributed by atoms with Crippen LogP contribution in [0, 0.1) is 17.0 Å². The number of anilines is 1. The van der Waals surface area contributed by atoms with Gasteiger partial charge in [0.05, 0.1) is 11.5 Å². The number of benzene rings is 1. The van der Waals surface area contributed by atoms with Crippen molar-refractivity contribution in [1.82, 2.24) is 4.98 Å². The molecule has 0 radical (unpaired) electrons. The normalized spacial score (nSPS) is 10.2. The highest BCUT2D eigenvalue weighted by molar-refractivity contribution is 6.30. The molecule has 1 amide bonds. The van der Waals surface area contributed by atoms with Gasteiger partial charge in [-0.05, 0) is 43.2 Å². The number of nitro groups is 1. The van der Waals surface area contributed by atoms with Crippen LogP contribution in [0.15, 0.2) is 36.5 Å². The highest BCUT2D eigenvalue weighted by Crippen LogP contribution is 2.22. The lowest BCUT2D eigenvalue weighted by Gasteiger charge is -2.09. The van der Waals surface area contributed by atoms with Crippen molar-refractivity contribution >= 4 is 29.0 Å². The van der Waals surface area contributed by atoms with Crippen molar-refractivity contribution in [3.8, 4) is 5.75 Å². The zero-order chi connectivity index (χ0) is 17.5. The van der Waals surface area contributed by atoms with E-state index in [0.717, 1.165) is 17.5 Å². The van der Waals surface area contributed by atoms with Gasteiger partial charge in [0.15, 0.2) is 0 Å². The predicted octanol–water partition coefficient (Wildman–Crippen LogP) is 3.75. The van der Waals surface area contributed by atoms with Crippen molar-refractivity contribution in [2.75, 3.05) is 11.9 Å². The van der Waals surface area contributed by atoms with Gasteiger partial charge in [-0.15, -0.1) is 0 Å². The maximum absolute atomic E-state index is 11.8. The maximum atomic E-state index is 11.8. The molecule has 0 aliphatic heterocycles. The lowest BCUT2D eigenvalue weighted by atomic mass is 10.2. The standard InChI is InChI=1S/C16H16ClN3O4/c1-11-9-12(17)4-6-14(11)24-8-2-3-16(21)19-15-7-5-13(10-18-15)20(22)23/h4-7,9-10H,2-3,8H2,1H3,(H,18,19,21). The third kappa shape index (κ3) is 5.20. The van der Waals surface area contributed by atoms with Gasteiger partial charge in [0, 0.05) is 17.5 Å². The fraction of sp³-hybridized carbons (Fsp3) is 0.250. The number of nitrogens with zero attached hydrogens (tertiary/aromatic N) is 2. The first kappa shape index (κ1) is 17.7. The molecule has 126 valence electrons. The molecule has 1 aromatic heterocycles. The first-order chi connectivity index (χ1) is 11.5. The number of nitrogens with one attached hydrogen (secondary N) is 1. The van der Waals surface area contributed by atoms with E-state index in [1.54, 1.807) is 12.1 Å². The summed E-state index contributed by atoms with van der Waals surface area (Å²) < 4.78 is 5.61. The number of aryl methyl sites for hydroxylation is 1. The van der Waals surface area contributed by atoms with E-state index < -0.39 is 4.92 Å². The third-order valence-corrected chi connectivity index (χ3v) is 3.40. The van der Waals surface area contributed by atoms with Crippen LogP contribution in [0.25, 0.3) is 0 Å². The van der Waals surface area contributed by atoms with Crippen LogP contribution in [0.5, 0.6) is 5.75 Å². The Labute approximate surface area is 143 Å². The quantitative estimate of drug-likeness (QED) is 0.466. The minimum atomic E-state index is -0.547. The van der Waals surface area contributed by atoms with E-state index in [-0.39, 0.29) is 23.8 Å². The van der Waals surface area contributed by atoms with Crippen LogP contribution in [-0.4, -0.2) is 22.4 Å². The number of ether oxygens (including phenoxy) is 1. The summed E-state index contributed by atoms with van der Waals surface area (Å²) in [7, 11) is 0. The minimum Gasteiger partial charge on any atom is -0.493 e. The summed E-state index contributed by atoms with van der Waals surface area (Å²) >= 11 is 5.87. The zero-order valence-electron chi connectivity index (χ0n) is 13.0. The van der Waals surface area contributed by atoms with Crippen LogP contribution < -0.4 is 10.1 Å². The smallest absolute Gasteiger partial charge is 0.287 e. The second-order valence-corrected chi connectivity index (χ2v) is 5.51. The number of hydrogen-bond acceptors (Lipinski definition) is 5. The van der Waals surface area contributed by atoms with Crippen LogP contribution in [0.3, 0.4) is 0 Å². The van der Waals surface area contributed by atoms with Gasteiger partial charge >= 0.3 is 0 Å². The molecule has 0 saturated carbocycles. The number of hydrogen-bond donors (Lipinski definition) is 1. The van der Waals surface area contributed by atoms with Crippen LogP contribution in [0.2, 0.25) is 5.02 Å². The molecule has 0 aliphatic rings. The van der Waals surface area contributed by atoms with Crippen LogP contribution in [-0.2, 0) is 4.79 Å². The molecule has 0 saturated heterocycles. The van der Waals surface area contributed by atoms with Crippen molar-refractivity contribution in [1.29, 1.82) is 0 Å². The Balaban J connectivity index is 1.74. The van der Waals surface area contributed by atoms with E-state index in [9.17, 15) is 14.9 Å². The summed E-state index contributed by atoms with van der Waals surface area (Å²) in [6.45, 7) is 2.29. The second kappa shape index (κ2) is 8.26. The second-order valence-electron chi connectivity index (χ2n) is 5.07. The number of carbonyl (C=O) groups is 1. The fourth-order valence-electron chi connectivity index (χ4n) is 1.96. The Morgan fingerprint density at radius 1 is 1.38 bits per heavy atom. The summed E-state index contributed by atoms with van der Waals surface area (Å²) in [6.07, 6.45) is 1.88. The average molecular weight is 350 g/mol. The van der Waals surface area contributed by atoms with E-state index in [4.69, 9.17) is 16.3 Å². The average Bonchev–Trinajstić information content (AvgIpc) is 2.53. The molecule has 7 nitrogen and oxygen atoms in total. The Kier molecular flexibility index (Phi) is 6.08. The largest absolute Gasteiger partial charge is 0.493 e. The molecule has 24 heavy (non-hydrogen) atoms. The van der Waals surface area contributed by atoms with Gasteiger partial charge in [0.25, 0.3) is 5.69 Å². The number of amides is 1. The van der Waals surface area contributed by atoms with Crippen molar-refractivity contribution in [3.05, 3.63) is 57.2 Å². The lowest BCUT2D eigenvalue weighted by Crippen LogP contribution is -2.13. The van der Waals surface area contributed by atoms with Crippen LogP contribution in [0.1, 0.15) is 18.4 Å². The van der Waals surface area contributed by atoms with Gasteiger partial charge in [-0.1, -0.05) is 11.6 Å². The molecule has 2 rings (SSSR count). The van der Waals surface area contributed by atoms with Crippen molar-refractivity contribution in [2.24, 2.45) is 0 Å². The van der Waals surface area contributed by atoms with Crippen LogP contribution >= 0.6 is 11.6 Å². The molecule has 1 heterocycles. The van der Waals surface area contributed by atoms with Gasteiger partial charge in [-0.3, -0.25) is 14.9 Å². The van der Waals surface area contributed by atoms with E-state index in [1.165, 1.54) is 12.1 Å². The fourth-order valence-corrected chi connectivity index (χ4v) is 2.19. The Hall–Kier alpha value is -2.67. The molecule has 0 spiro atoms. The van der Waals surface area contributed by atoms with E-state index in [1.807, 2.05) is 13.0 Å². The molecule has 8 heteroatoms. The number of rotatable bonds is 7. The lowest BCUT2D eigenvalue weighted by molar-refractivity contribution is -0.385. The van der Waals surface area contributed by atoms with Crippen molar-refractivity contribution in [2.45, 2.75) is 19.8 Å². The topological polar surface area (TPSA) is 94.4 Å². The minimum absolute atomic E-state index is 0.125. The molecule has 0 bridgehead atoms. The Morgan fingerprint density at radius 3 is 2.79 bits per heavy atom. The summed E-state index contributed by atoms with van der Waals surface area (Å²) in [5.74, 6) is 0.782. The van der Waals surface area contributed by atoms with Crippen LogP contribution in [0.4, 0.5) is 11.5 Å². The molecule has 1 aromatic carbocycles. The van der Waals surface area contributed by atoms with Crippen molar-refractivity contribution < 1.29 is 14.5 Å². The molecule has 0 unspecified atom stereocenters. The molecule has 0 aliphatic carbocycles. The van der Waals surface area contributed by atoms with Gasteiger partial charge in [0.1, 0.15) is 17.8 Å². The Morgan fingerprint density at radius 2 is 2.17 bits per heavy atom. The molecular weight excluding hydrogens is 334 g/mol. The van der Waals surface area contributed by atoms with E-state index >= 15 is 0 Å². The number of pyridine rings is 1. The highest BCUT2D eigenvalue weighted by atomic mass is 35.5. The highest BCUT2D eigenvalue weighted by Gasteiger charge is 2.08. The predicted molar refractivity (Wildman–Crippen MR) is 90.4 cm³/mol. The molecule has 0 fully saturated rings. The summed E-state index contributed by atoms with van der Waals surface area (Å²) in [5, 5.41) is 13.8. The van der Waals surface area contributed by atoms with Gasteiger partial charge in [-0.25, -0.2) is 4.98 Å². The van der Waals surface area contributed by atoms with Gasteiger partial charge in [0.2, 0.25) is 5.91 Å². The monoisotopic (exact) mass is 349 g/mol. The van der Waals surface area contributed by atoms with E-state index in [2.05, 4.69) is 10.3 Å². The number of aromatic nitrogens is 1. The first-order valence-corrected chi connectivity index (χ1v) is 7.63. The maximum Gasteiger partial charge on any atom is 0.287 e. The molecule has 1 N–H and O–H groups in total. The summed E-state index contributed by atoms with van der Waals surface area (Å²) in [4.78, 5) is 25.6. The first-order valence-electron chi connectivity index (χ1n) is 7.25. The number of carbonyl (C=O) groups excluding carboxylic acids is 1. The van der Waals surface area contributed by atoms with Gasteiger partial charge in [-0.2, -0.15) is 0 Å². The molecular formula is C16H16ClN3O4. The third-order valence-electron chi connectivity index (χ3n) is 3.17.